The van der Waals surface area contributed by atoms with Crippen LogP contribution in [0.1, 0.15) is 15.9 Å². The predicted octanol–water partition coefficient (Wildman–Crippen LogP) is 3.82. The molecule has 0 radical (unpaired) electrons. The number of ether oxygens (including phenoxy) is 3. The molecule has 2 aromatic carbocycles. The van der Waals surface area contributed by atoms with E-state index in [1.165, 1.54) is 38.4 Å². The number of rotatable bonds is 6. The van der Waals surface area contributed by atoms with Crippen molar-refractivity contribution in [2.24, 2.45) is 0 Å². The van der Waals surface area contributed by atoms with Crippen LogP contribution in [-0.4, -0.2) is 42.6 Å². The average Bonchev–Trinajstić information content (AvgIpc) is 3.00. The zero-order chi connectivity index (χ0) is 21.1. The first kappa shape index (κ1) is 20.7. The number of thiocarbonyl (C=S) groups is 1. The first-order valence-corrected chi connectivity index (χ1v) is 9.53. The number of hydrogen-bond acceptors (Lipinski definition) is 7. The fraction of sp³-hybridized carbons (Fsp3) is 0.150. The summed E-state index contributed by atoms with van der Waals surface area (Å²) in [6.45, 7) is 0. The highest BCUT2D eigenvalue weighted by molar-refractivity contribution is 8.27. The number of methoxy groups -OCH3 is 3. The van der Waals surface area contributed by atoms with Gasteiger partial charge in [0.2, 0.25) is 5.75 Å². The number of thioether (sulfide) groups is 1. The van der Waals surface area contributed by atoms with E-state index in [1.54, 1.807) is 30.3 Å². The Morgan fingerprint density at radius 3 is 2.31 bits per heavy atom. The van der Waals surface area contributed by atoms with Gasteiger partial charge < -0.3 is 19.3 Å². The van der Waals surface area contributed by atoms with E-state index in [1.807, 2.05) is 0 Å². The van der Waals surface area contributed by atoms with E-state index in [9.17, 15) is 14.7 Å². The van der Waals surface area contributed by atoms with Crippen LogP contribution in [0.25, 0.3) is 6.08 Å². The summed E-state index contributed by atoms with van der Waals surface area (Å²) >= 11 is 6.48. The van der Waals surface area contributed by atoms with Gasteiger partial charge >= 0.3 is 5.97 Å². The maximum atomic E-state index is 12.9. The summed E-state index contributed by atoms with van der Waals surface area (Å²) in [4.78, 5) is 25.9. The van der Waals surface area contributed by atoms with Gasteiger partial charge in [-0.15, -0.1) is 0 Å². The van der Waals surface area contributed by atoms with Crippen molar-refractivity contribution in [1.29, 1.82) is 0 Å². The van der Waals surface area contributed by atoms with Crippen molar-refractivity contribution in [1.82, 2.24) is 0 Å². The lowest BCUT2D eigenvalue weighted by atomic mass is 10.1. The minimum absolute atomic E-state index is 0.0742. The van der Waals surface area contributed by atoms with Gasteiger partial charge in [0.05, 0.1) is 37.5 Å². The summed E-state index contributed by atoms with van der Waals surface area (Å²) in [6.07, 6.45) is 1.67. The van der Waals surface area contributed by atoms with Crippen molar-refractivity contribution < 1.29 is 28.9 Å². The van der Waals surface area contributed by atoms with Gasteiger partial charge in [-0.3, -0.25) is 9.69 Å². The second-order valence-corrected chi connectivity index (χ2v) is 7.51. The number of amides is 1. The molecule has 0 unspecified atom stereocenters. The molecule has 0 aromatic heterocycles. The zero-order valence-corrected chi connectivity index (χ0v) is 17.4. The lowest BCUT2D eigenvalue weighted by Crippen LogP contribution is -2.27. The SMILES string of the molecule is COc1cc(/C=C2\SC(=S)N(c3cccc(C(=O)O)c3)C2=O)cc(OC)c1OC. The Hall–Kier alpha value is -3.04. The molecule has 3 rings (SSSR count). The fourth-order valence-corrected chi connectivity index (χ4v) is 4.10. The van der Waals surface area contributed by atoms with E-state index in [2.05, 4.69) is 0 Å². The zero-order valence-electron chi connectivity index (χ0n) is 15.8. The lowest BCUT2D eigenvalue weighted by Gasteiger charge is -2.15. The second kappa shape index (κ2) is 8.54. The standard InChI is InChI=1S/C20H17NO6S2/c1-25-14-7-11(8-15(26-2)17(14)27-3)9-16-18(22)21(20(28)29-16)13-6-4-5-12(10-13)19(23)24/h4-10H,1-3H3,(H,23,24)/b16-9-. The van der Waals surface area contributed by atoms with Crippen molar-refractivity contribution in [3.8, 4) is 17.2 Å². The maximum Gasteiger partial charge on any atom is 0.335 e. The Labute approximate surface area is 176 Å². The number of carboxylic acid groups (broad SMARTS) is 1. The molecular weight excluding hydrogens is 414 g/mol. The van der Waals surface area contributed by atoms with Crippen LogP contribution in [0.5, 0.6) is 17.2 Å². The van der Waals surface area contributed by atoms with Gasteiger partial charge in [-0.2, -0.15) is 0 Å². The summed E-state index contributed by atoms with van der Waals surface area (Å²) in [7, 11) is 4.53. The number of carbonyl (C=O) groups is 2. The van der Waals surface area contributed by atoms with Gasteiger partial charge in [-0.1, -0.05) is 30.0 Å². The third-order valence-electron chi connectivity index (χ3n) is 4.13. The largest absolute Gasteiger partial charge is 0.493 e. The Morgan fingerprint density at radius 1 is 1.10 bits per heavy atom. The van der Waals surface area contributed by atoms with Gasteiger partial charge in [-0.25, -0.2) is 4.79 Å². The first-order chi connectivity index (χ1) is 13.9. The molecule has 1 fully saturated rings. The summed E-state index contributed by atoms with van der Waals surface area (Å²) in [5.41, 5.74) is 1.14. The molecule has 0 atom stereocenters. The molecule has 0 aliphatic carbocycles. The summed E-state index contributed by atoms with van der Waals surface area (Å²) in [6, 6.07) is 9.52. The van der Waals surface area contributed by atoms with Gasteiger partial charge in [0.1, 0.15) is 0 Å². The predicted molar refractivity (Wildman–Crippen MR) is 115 cm³/mol. The van der Waals surface area contributed by atoms with Crippen molar-refractivity contribution in [3.63, 3.8) is 0 Å². The maximum absolute atomic E-state index is 12.9. The van der Waals surface area contributed by atoms with E-state index in [0.29, 0.717) is 37.7 Å². The van der Waals surface area contributed by atoms with E-state index in [4.69, 9.17) is 26.4 Å². The molecule has 0 bridgehead atoms. The molecule has 7 nitrogen and oxygen atoms in total. The van der Waals surface area contributed by atoms with Crippen molar-refractivity contribution in [2.45, 2.75) is 0 Å². The highest BCUT2D eigenvalue weighted by Gasteiger charge is 2.33. The second-order valence-electron chi connectivity index (χ2n) is 5.83. The van der Waals surface area contributed by atoms with Crippen molar-refractivity contribution >= 4 is 51.9 Å². The lowest BCUT2D eigenvalue weighted by molar-refractivity contribution is -0.113. The molecule has 0 saturated carbocycles. The number of hydrogen-bond donors (Lipinski definition) is 1. The highest BCUT2D eigenvalue weighted by Crippen LogP contribution is 2.41. The van der Waals surface area contributed by atoms with Crippen molar-refractivity contribution in [2.75, 3.05) is 26.2 Å². The first-order valence-electron chi connectivity index (χ1n) is 8.31. The Kier molecular flexibility index (Phi) is 6.09. The van der Waals surface area contributed by atoms with Crippen LogP contribution in [0, 0.1) is 0 Å². The van der Waals surface area contributed by atoms with Crippen LogP contribution in [0.3, 0.4) is 0 Å². The normalized spacial score (nSPS) is 15.0. The third kappa shape index (κ3) is 4.06. The minimum atomic E-state index is -1.08. The number of aromatic carboxylic acids is 1. The van der Waals surface area contributed by atoms with Crippen LogP contribution >= 0.6 is 24.0 Å². The molecular formula is C20H17NO6S2. The number of nitrogens with zero attached hydrogens (tertiary/aromatic N) is 1. The molecule has 1 heterocycles. The molecule has 2 aromatic rings. The molecule has 9 heteroatoms. The van der Waals surface area contributed by atoms with Crippen LogP contribution in [0.4, 0.5) is 5.69 Å². The summed E-state index contributed by atoms with van der Waals surface area (Å²) in [5, 5.41) is 9.19. The van der Waals surface area contributed by atoms with E-state index >= 15 is 0 Å². The topological polar surface area (TPSA) is 85.3 Å². The Bertz CT molecular complexity index is 1010. The number of anilines is 1. The molecule has 1 amide bonds. The van der Waals surface area contributed by atoms with E-state index < -0.39 is 5.97 Å². The van der Waals surface area contributed by atoms with E-state index in [0.717, 1.165) is 11.8 Å². The third-order valence-corrected chi connectivity index (χ3v) is 5.43. The van der Waals surface area contributed by atoms with Crippen LogP contribution < -0.4 is 19.1 Å². The van der Waals surface area contributed by atoms with Gasteiger partial charge in [0.25, 0.3) is 5.91 Å². The molecule has 29 heavy (non-hydrogen) atoms. The molecule has 1 N–H and O–H groups in total. The Morgan fingerprint density at radius 2 is 1.76 bits per heavy atom. The van der Waals surface area contributed by atoms with Gasteiger partial charge in [-0.05, 0) is 42.0 Å². The number of carboxylic acids is 1. The molecule has 1 saturated heterocycles. The molecule has 150 valence electrons. The quantitative estimate of drug-likeness (QED) is 0.546. The Balaban J connectivity index is 1.98. The van der Waals surface area contributed by atoms with Crippen LogP contribution in [0.15, 0.2) is 41.3 Å². The minimum Gasteiger partial charge on any atom is -0.493 e. The van der Waals surface area contributed by atoms with Gasteiger partial charge in [0.15, 0.2) is 15.8 Å². The number of carbonyl (C=O) groups excluding carboxylic acids is 1. The summed E-state index contributed by atoms with van der Waals surface area (Å²) < 4.78 is 16.3. The van der Waals surface area contributed by atoms with Crippen LogP contribution in [-0.2, 0) is 4.79 Å². The van der Waals surface area contributed by atoms with Crippen molar-refractivity contribution in [3.05, 3.63) is 52.4 Å². The number of benzene rings is 2. The van der Waals surface area contributed by atoms with E-state index in [-0.39, 0.29) is 11.5 Å². The average molecular weight is 431 g/mol. The molecule has 0 spiro atoms. The highest BCUT2D eigenvalue weighted by atomic mass is 32.2. The summed E-state index contributed by atoms with van der Waals surface area (Å²) in [5.74, 6) is -0.0443. The fourth-order valence-electron chi connectivity index (χ4n) is 2.80. The van der Waals surface area contributed by atoms with Crippen LogP contribution in [0.2, 0.25) is 0 Å². The smallest absolute Gasteiger partial charge is 0.335 e. The molecule has 1 aliphatic rings. The van der Waals surface area contributed by atoms with Gasteiger partial charge in [0, 0.05) is 0 Å². The monoisotopic (exact) mass is 431 g/mol. The molecule has 1 aliphatic heterocycles.